The highest BCUT2D eigenvalue weighted by Crippen LogP contribution is 2.29. The van der Waals surface area contributed by atoms with Gasteiger partial charge in [0.1, 0.15) is 5.82 Å². The maximum atomic E-state index is 14.2. The molecule has 1 amide bonds. The number of carbonyl (C=O) groups excluding carboxylic acids is 1. The highest BCUT2D eigenvalue weighted by molar-refractivity contribution is 6.31. The van der Waals surface area contributed by atoms with Crippen LogP contribution in [0.25, 0.3) is 22.2 Å². The number of fused-ring (bicyclic) bond motifs is 1. The van der Waals surface area contributed by atoms with Gasteiger partial charge in [-0.15, -0.1) is 0 Å². The fraction of sp³-hybridized carbons (Fsp3) is 0.154. The lowest BCUT2D eigenvalue weighted by Gasteiger charge is -2.10. The lowest BCUT2D eigenvalue weighted by atomic mass is 10.0. The van der Waals surface area contributed by atoms with Gasteiger partial charge in [0.2, 0.25) is 0 Å². The van der Waals surface area contributed by atoms with Crippen LogP contribution in [0.1, 0.15) is 27.3 Å². The Morgan fingerprint density at radius 2 is 1.89 bits per heavy atom. The van der Waals surface area contributed by atoms with Gasteiger partial charge in [-0.25, -0.2) is 9.37 Å². The molecule has 0 fully saturated rings. The summed E-state index contributed by atoms with van der Waals surface area (Å²) in [7, 11) is 1.88. The van der Waals surface area contributed by atoms with Gasteiger partial charge in [-0.1, -0.05) is 35.9 Å². The molecule has 9 heteroatoms. The highest BCUT2D eigenvalue weighted by atomic mass is 35.5. The molecule has 2 aromatic carbocycles. The van der Waals surface area contributed by atoms with Crippen molar-refractivity contribution in [1.82, 2.24) is 24.5 Å². The van der Waals surface area contributed by atoms with Gasteiger partial charge < -0.3 is 5.32 Å². The zero-order valence-electron chi connectivity index (χ0n) is 19.4. The molecule has 0 aliphatic heterocycles. The van der Waals surface area contributed by atoms with Crippen molar-refractivity contribution in [2.45, 2.75) is 20.4 Å². The number of hydrogen-bond donors (Lipinski definition) is 1. The van der Waals surface area contributed by atoms with Crippen molar-refractivity contribution in [2.75, 3.05) is 5.32 Å². The number of hydrogen-bond acceptors (Lipinski definition) is 4. The smallest absolute Gasteiger partial charge is 0.257 e. The molecule has 0 atom stereocenters. The number of nitrogens with one attached hydrogen (secondary N) is 1. The quantitative estimate of drug-likeness (QED) is 0.352. The van der Waals surface area contributed by atoms with E-state index in [0.29, 0.717) is 33.2 Å². The second-order valence-electron chi connectivity index (χ2n) is 8.29. The van der Waals surface area contributed by atoms with Gasteiger partial charge in [0.15, 0.2) is 5.82 Å². The fourth-order valence-electron chi connectivity index (χ4n) is 4.18. The lowest BCUT2D eigenvalue weighted by Crippen LogP contribution is -2.14. The molecule has 0 spiro atoms. The zero-order chi connectivity index (χ0) is 24.7. The van der Waals surface area contributed by atoms with Crippen LogP contribution in [0.2, 0.25) is 5.02 Å². The van der Waals surface area contributed by atoms with Crippen LogP contribution in [-0.4, -0.2) is 30.5 Å². The summed E-state index contributed by atoms with van der Waals surface area (Å²) in [6.07, 6.45) is 1.66. The fourth-order valence-corrected chi connectivity index (χ4v) is 4.40. The topological polar surface area (TPSA) is 77.6 Å². The van der Waals surface area contributed by atoms with E-state index >= 15 is 0 Å². The molecule has 3 aromatic heterocycles. The minimum atomic E-state index is -0.407. The minimum absolute atomic E-state index is 0.142. The number of aryl methyl sites for hydroxylation is 2. The Bertz CT molecular complexity index is 1570. The molecule has 1 N–H and O–H groups in total. The Morgan fingerprint density at radius 1 is 1.09 bits per heavy atom. The Kier molecular flexibility index (Phi) is 5.82. The van der Waals surface area contributed by atoms with Crippen molar-refractivity contribution in [2.24, 2.45) is 7.05 Å². The first kappa shape index (κ1) is 22.7. The number of anilines is 1. The third-order valence-corrected chi connectivity index (χ3v) is 6.34. The molecule has 0 aliphatic carbocycles. The van der Waals surface area contributed by atoms with Crippen LogP contribution in [0, 0.1) is 19.7 Å². The first-order chi connectivity index (χ1) is 16.8. The lowest BCUT2D eigenvalue weighted by molar-refractivity contribution is 0.102. The number of amides is 1. The average molecular weight is 489 g/mol. The summed E-state index contributed by atoms with van der Waals surface area (Å²) >= 11 is 6.13. The summed E-state index contributed by atoms with van der Waals surface area (Å²) in [5.74, 6) is -0.382. The standard InChI is InChI=1S/C26H22ClFN6O/c1-15-25(16(2)33(3)31-15)23-13-18(17-7-4-5-10-22(17)29-23)26(35)30-24-11-12-34(32-24)14-19-20(27)8-6-9-21(19)28/h4-13H,14H2,1-3H3,(H,30,32,35). The Morgan fingerprint density at radius 3 is 2.63 bits per heavy atom. The van der Waals surface area contributed by atoms with E-state index in [1.807, 2.05) is 45.2 Å². The highest BCUT2D eigenvalue weighted by Gasteiger charge is 2.19. The molecule has 0 bridgehead atoms. The van der Waals surface area contributed by atoms with E-state index in [0.717, 1.165) is 22.3 Å². The van der Waals surface area contributed by atoms with E-state index in [-0.39, 0.29) is 12.5 Å². The Hall–Kier alpha value is -4.04. The predicted octanol–water partition coefficient (Wildman–Crippen LogP) is 5.54. The Labute approximate surface area is 206 Å². The third kappa shape index (κ3) is 4.28. The van der Waals surface area contributed by atoms with Crippen LogP contribution in [0.15, 0.2) is 60.8 Å². The molecule has 7 nitrogen and oxygen atoms in total. The molecular weight excluding hydrogens is 467 g/mol. The molecular formula is C26H22ClFN6O. The summed E-state index contributed by atoms with van der Waals surface area (Å²) < 4.78 is 17.5. The van der Waals surface area contributed by atoms with E-state index < -0.39 is 5.82 Å². The molecule has 0 saturated heterocycles. The van der Waals surface area contributed by atoms with Gasteiger partial charge >= 0.3 is 0 Å². The molecule has 0 radical (unpaired) electrons. The largest absolute Gasteiger partial charge is 0.305 e. The predicted molar refractivity (Wildman–Crippen MR) is 134 cm³/mol. The van der Waals surface area contributed by atoms with E-state index in [1.165, 1.54) is 10.7 Å². The second kappa shape index (κ2) is 8.96. The van der Waals surface area contributed by atoms with Crippen molar-refractivity contribution in [3.8, 4) is 11.3 Å². The van der Waals surface area contributed by atoms with E-state index in [2.05, 4.69) is 15.5 Å². The molecule has 35 heavy (non-hydrogen) atoms. The molecule has 0 saturated carbocycles. The van der Waals surface area contributed by atoms with Crippen LogP contribution >= 0.6 is 11.6 Å². The van der Waals surface area contributed by atoms with Crippen molar-refractivity contribution in [3.63, 3.8) is 0 Å². The monoisotopic (exact) mass is 488 g/mol. The number of rotatable bonds is 5. The van der Waals surface area contributed by atoms with Crippen LogP contribution in [0.5, 0.6) is 0 Å². The van der Waals surface area contributed by atoms with E-state index in [9.17, 15) is 9.18 Å². The van der Waals surface area contributed by atoms with Crippen LogP contribution in [-0.2, 0) is 13.6 Å². The van der Waals surface area contributed by atoms with Gasteiger partial charge in [0, 0.05) is 46.5 Å². The number of halogens is 2. The minimum Gasteiger partial charge on any atom is -0.305 e. The van der Waals surface area contributed by atoms with Crippen LogP contribution in [0.3, 0.4) is 0 Å². The van der Waals surface area contributed by atoms with Gasteiger partial charge in [-0.2, -0.15) is 10.2 Å². The molecule has 5 rings (SSSR count). The zero-order valence-corrected chi connectivity index (χ0v) is 20.1. The Balaban J connectivity index is 1.48. The number of benzene rings is 2. The van der Waals surface area contributed by atoms with Crippen molar-refractivity contribution in [3.05, 3.63) is 94.1 Å². The number of aromatic nitrogens is 5. The maximum Gasteiger partial charge on any atom is 0.257 e. The summed E-state index contributed by atoms with van der Waals surface area (Å²) in [6, 6.07) is 15.5. The normalized spacial score (nSPS) is 11.2. The van der Waals surface area contributed by atoms with Crippen LogP contribution in [0.4, 0.5) is 10.2 Å². The number of carbonyl (C=O) groups is 1. The summed E-state index contributed by atoms with van der Waals surface area (Å²) in [5.41, 5.74) is 4.89. The summed E-state index contributed by atoms with van der Waals surface area (Å²) in [4.78, 5) is 18.2. The number of nitrogens with zero attached hydrogens (tertiary/aromatic N) is 5. The summed E-state index contributed by atoms with van der Waals surface area (Å²) in [5, 5.41) is 12.8. The molecule has 5 aromatic rings. The molecule has 3 heterocycles. The van der Waals surface area contributed by atoms with Crippen LogP contribution < -0.4 is 5.32 Å². The van der Waals surface area contributed by atoms with Gasteiger partial charge in [0.25, 0.3) is 5.91 Å². The molecule has 0 unspecified atom stereocenters. The first-order valence-electron chi connectivity index (χ1n) is 11.0. The first-order valence-corrected chi connectivity index (χ1v) is 11.4. The SMILES string of the molecule is Cc1nn(C)c(C)c1-c1cc(C(=O)Nc2ccn(Cc3c(F)cccc3Cl)n2)c2ccccc2n1. The maximum absolute atomic E-state index is 14.2. The van der Waals surface area contributed by atoms with Crippen molar-refractivity contribution in [1.29, 1.82) is 0 Å². The van der Waals surface area contributed by atoms with E-state index in [4.69, 9.17) is 16.6 Å². The van der Waals surface area contributed by atoms with Gasteiger partial charge in [0.05, 0.1) is 29.0 Å². The van der Waals surface area contributed by atoms with Crippen molar-refractivity contribution < 1.29 is 9.18 Å². The van der Waals surface area contributed by atoms with Crippen molar-refractivity contribution >= 4 is 34.2 Å². The van der Waals surface area contributed by atoms with Gasteiger partial charge in [-0.3, -0.25) is 14.2 Å². The molecule has 176 valence electrons. The molecule has 0 aliphatic rings. The van der Waals surface area contributed by atoms with Gasteiger partial charge in [-0.05, 0) is 38.1 Å². The number of pyridine rings is 1. The average Bonchev–Trinajstić information content (AvgIpc) is 3.38. The second-order valence-corrected chi connectivity index (χ2v) is 8.70. The number of para-hydroxylation sites is 1. The summed E-state index contributed by atoms with van der Waals surface area (Å²) in [6.45, 7) is 4.04. The van der Waals surface area contributed by atoms with E-state index in [1.54, 1.807) is 35.1 Å². The third-order valence-electron chi connectivity index (χ3n) is 5.99.